The largest absolute Gasteiger partial charge is 0.455 e. The van der Waals surface area contributed by atoms with Crippen molar-refractivity contribution in [3.8, 4) is 66.8 Å². The van der Waals surface area contributed by atoms with Gasteiger partial charge in [0, 0.05) is 67.4 Å². The average molecular weight is 1060 g/mol. The fourth-order valence-electron chi connectivity index (χ4n) is 12.9. The molecular weight excluding hydrogens is 1010 g/mol. The van der Waals surface area contributed by atoms with Gasteiger partial charge in [-0.1, -0.05) is 231 Å². The van der Waals surface area contributed by atoms with Crippen LogP contribution >= 0.6 is 0 Å². The fourth-order valence-corrected chi connectivity index (χ4v) is 12.9. The second kappa shape index (κ2) is 20.0. The van der Waals surface area contributed by atoms with E-state index in [1.54, 1.807) is 0 Å². The van der Waals surface area contributed by atoms with Crippen LogP contribution in [-0.4, -0.2) is 6.85 Å². The molecule has 0 radical (unpaired) electrons. The third-order valence-electron chi connectivity index (χ3n) is 16.8. The number of hydrogen-bond acceptors (Lipinski definition) is 4. The van der Waals surface area contributed by atoms with Gasteiger partial charge in [0.15, 0.2) is 0 Å². The molecule has 0 bridgehead atoms. The van der Waals surface area contributed by atoms with Gasteiger partial charge < -0.3 is 19.0 Å². The van der Waals surface area contributed by atoms with Crippen molar-refractivity contribution in [2.45, 2.75) is 0 Å². The molecule has 16 rings (SSSR count). The van der Waals surface area contributed by atoms with Crippen LogP contribution in [0.15, 0.2) is 320 Å². The maximum absolute atomic E-state index is 7.30. The molecule has 0 atom stereocenters. The van der Waals surface area contributed by atoms with E-state index in [4.69, 9.17) is 4.42 Å². The highest BCUT2D eigenvalue weighted by Crippen LogP contribution is 2.53. The Labute approximate surface area is 483 Å². The quantitative estimate of drug-likeness (QED) is 0.127. The molecule has 0 unspecified atom stereocenters. The lowest BCUT2D eigenvalue weighted by Crippen LogP contribution is -2.61. The van der Waals surface area contributed by atoms with Crippen LogP contribution in [-0.2, 0) is 0 Å². The number of rotatable bonds is 10. The van der Waals surface area contributed by atoms with Gasteiger partial charge in [-0.05, 0) is 151 Å². The van der Waals surface area contributed by atoms with Crippen molar-refractivity contribution in [1.82, 2.24) is 0 Å². The van der Waals surface area contributed by atoms with E-state index < -0.39 is 0 Å². The number of nitrogens with zero attached hydrogens (tertiary/aromatic N) is 3. The SMILES string of the molecule is c1ccc(-c2ccc(N3B4c5cc(-c6ccccc6)ccc5N(c5ccc(-c6ccccc6)cc5)c5cc6c(oc7ccccc76)c(c54)-c4cc(N(c5ccc(-c6ccccc6)cc5)c5ccc(-c6ccccc6)cc5)ccc43)cc2)cc1. The third-order valence-corrected chi connectivity index (χ3v) is 16.8. The van der Waals surface area contributed by atoms with E-state index in [0.29, 0.717) is 0 Å². The Morgan fingerprint density at radius 2 is 0.711 bits per heavy atom. The molecule has 83 heavy (non-hydrogen) atoms. The molecule has 0 fully saturated rings. The summed E-state index contributed by atoms with van der Waals surface area (Å²) in [6.07, 6.45) is 0. The highest BCUT2D eigenvalue weighted by molar-refractivity contribution is 6.94. The fraction of sp³-hybridized carbons (Fsp3) is 0. The van der Waals surface area contributed by atoms with Crippen LogP contribution in [0.25, 0.3) is 88.7 Å². The first-order valence-corrected chi connectivity index (χ1v) is 28.5. The van der Waals surface area contributed by atoms with Crippen LogP contribution in [0.3, 0.4) is 0 Å². The Bertz CT molecular complexity index is 4600. The second-order valence-electron chi connectivity index (χ2n) is 21.6. The van der Waals surface area contributed by atoms with E-state index in [2.05, 4.69) is 330 Å². The van der Waals surface area contributed by atoms with Crippen molar-refractivity contribution >= 4 is 85.2 Å². The summed E-state index contributed by atoms with van der Waals surface area (Å²) in [5.74, 6) is 0. The molecule has 13 aromatic carbocycles. The van der Waals surface area contributed by atoms with Gasteiger partial charge in [-0.2, -0.15) is 0 Å². The number of benzene rings is 13. The molecule has 3 heterocycles. The van der Waals surface area contributed by atoms with Crippen molar-refractivity contribution in [2.75, 3.05) is 14.6 Å². The zero-order chi connectivity index (χ0) is 54.8. The molecule has 2 aliphatic rings. The van der Waals surface area contributed by atoms with Crippen molar-refractivity contribution in [3.05, 3.63) is 315 Å². The van der Waals surface area contributed by atoms with Crippen LogP contribution in [0.4, 0.5) is 45.5 Å². The summed E-state index contributed by atoms with van der Waals surface area (Å²) >= 11 is 0. The minimum atomic E-state index is -0.274. The molecule has 14 aromatic rings. The lowest BCUT2D eigenvalue weighted by molar-refractivity contribution is 0.670. The highest BCUT2D eigenvalue weighted by Gasteiger charge is 2.47. The predicted molar refractivity (Wildman–Crippen MR) is 349 cm³/mol. The molecule has 0 amide bonds. The molecule has 0 spiro atoms. The molecule has 1 aromatic heterocycles. The van der Waals surface area contributed by atoms with Gasteiger partial charge in [0.25, 0.3) is 0 Å². The van der Waals surface area contributed by atoms with Crippen molar-refractivity contribution in [1.29, 1.82) is 0 Å². The Morgan fingerprint density at radius 1 is 0.301 bits per heavy atom. The van der Waals surface area contributed by atoms with E-state index in [9.17, 15) is 0 Å². The zero-order valence-electron chi connectivity index (χ0n) is 45.3. The number of fused-ring (bicyclic) bond motifs is 8. The molecule has 0 saturated heterocycles. The molecule has 0 saturated carbocycles. The topological polar surface area (TPSA) is 22.9 Å². The van der Waals surface area contributed by atoms with Crippen LogP contribution in [0.2, 0.25) is 0 Å². The molecule has 2 aliphatic heterocycles. The second-order valence-corrected chi connectivity index (χ2v) is 21.6. The van der Waals surface area contributed by atoms with Crippen molar-refractivity contribution in [2.24, 2.45) is 0 Å². The molecule has 5 heteroatoms. The lowest BCUT2D eigenvalue weighted by Gasteiger charge is -2.46. The molecule has 4 nitrogen and oxygen atoms in total. The molecular formula is C78H52BN3O. The summed E-state index contributed by atoms with van der Waals surface area (Å²) in [6.45, 7) is -0.274. The van der Waals surface area contributed by atoms with Crippen molar-refractivity contribution in [3.63, 3.8) is 0 Å². The standard InChI is InChI=1S/C78H52BN3O/c1-6-18-53(19-7-1)58-30-39-63(40-31-58)80(64-41-32-59(33-42-64)54-20-8-2-9-21-54)67-47-49-72-70(51-67)76-77-74(52-69-68-28-16-17-29-75(68)83-78(69)76)81(65-43-34-60(35-44-65)55-22-10-3-11-23-55)73-48-38-62(57-26-14-5-15-27-57)50-71(73)79(77)82(72)66-45-36-61(37-46-66)56-24-12-4-13-25-56/h1-52H. The lowest BCUT2D eigenvalue weighted by atomic mass is 9.43. The van der Waals surface area contributed by atoms with E-state index in [1.807, 2.05) is 0 Å². The Kier molecular flexibility index (Phi) is 11.6. The Hall–Kier alpha value is -10.9. The monoisotopic (exact) mass is 1060 g/mol. The third kappa shape index (κ3) is 8.32. The van der Waals surface area contributed by atoms with Gasteiger partial charge in [-0.25, -0.2) is 0 Å². The maximum atomic E-state index is 7.30. The molecule has 388 valence electrons. The Morgan fingerprint density at radius 3 is 1.23 bits per heavy atom. The number of hydrogen-bond donors (Lipinski definition) is 0. The van der Waals surface area contributed by atoms with Gasteiger partial charge in [-0.3, -0.25) is 0 Å². The summed E-state index contributed by atoms with van der Waals surface area (Å²) in [5, 5.41) is 2.16. The minimum absolute atomic E-state index is 0.274. The first kappa shape index (κ1) is 48.1. The summed E-state index contributed by atoms with van der Waals surface area (Å²) in [4.78, 5) is 7.52. The van der Waals surface area contributed by atoms with Gasteiger partial charge in [0.1, 0.15) is 11.2 Å². The first-order chi connectivity index (χ1) is 41.2. The van der Waals surface area contributed by atoms with Crippen LogP contribution < -0.4 is 25.5 Å². The van der Waals surface area contributed by atoms with Gasteiger partial charge >= 0.3 is 6.85 Å². The van der Waals surface area contributed by atoms with Gasteiger partial charge in [0.2, 0.25) is 0 Å². The molecule has 0 aliphatic carbocycles. The average Bonchev–Trinajstić information content (AvgIpc) is 3.52. The number of para-hydroxylation sites is 1. The van der Waals surface area contributed by atoms with Crippen LogP contribution in [0, 0.1) is 0 Å². The van der Waals surface area contributed by atoms with E-state index in [-0.39, 0.29) is 6.85 Å². The van der Waals surface area contributed by atoms with Crippen LogP contribution in [0.1, 0.15) is 0 Å². The van der Waals surface area contributed by atoms with Gasteiger partial charge in [0.05, 0.1) is 0 Å². The highest BCUT2D eigenvalue weighted by atomic mass is 16.3. The van der Waals surface area contributed by atoms with E-state index >= 15 is 0 Å². The number of anilines is 8. The molecule has 0 N–H and O–H groups in total. The normalized spacial score (nSPS) is 12.3. The minimum Gasteiger partial charge on any atom is -0.455 e. The van der Waals surface area contributed by atoms with Crippen molar-refractivity contribution < 1.29 is 4.42 Å². The number of furan rings is 1. The summed E-state index contributed by atoms with van der Waals surface area (Å²) in [6, 6.07) is 115. The predicted octanol–water partition coefficient (Wildman–Crippen LogP) is 20.1. The van der Waals surface area contributed by atoms with E-state index in [1.165, 1.54) is 49.9 Å². The summed E-state index contributed by atoms with van der Waals surface area (Å²) in [5.41, 5.74) is 26.6. The smallest absolute Gasteiger partial charge is 0.333 e. The van der Waals surface area contributed by atoms with Gasteiger partial charge in [-0.15, -0.1) is 0 Å². The summed E-state index contributed by atoms with van der Waals surface area (Å²) < 4.78 is 7.30. The Balaban J connectivity index is 0.974. The van der Waals surface area contributed by atoms with Crippen LogP contribution in [0.5, 0.6) is 0 Å². The first-order valence-electron chi connectivity index (χ1n) is 28.5. The zero-order valence-corrected chi connectivity index (χ0v) is 45.3. The maximum Gasteiger partial charge on any atom is 0.333 e. The van der Waals surface area contributed by atoms with E-state index in [0.717, 1.165) is 95.3 Å². The summed E-state index contributed by atoms with van der Waals surface area (Å²) in [7, 11) is 0.